The van der Waals surface area contributed by atoms with Crippen LogP contribution in [0.5, 0.6) is 5.88 Å². The maximum Gasteiger partial charge on any atom is 0.388 e. The molecule has 0 spiro atoms. The van der Waals surface area contributed by atoms with Gasteiger partial charge >= 0.3 is 6.61 Å². The van der Waals surface area contributed by atoms with Gasteiger partial charge in [-0.05, 0) is 0 Å². The van der Waals surface area contributed by atoms with Gasteiger partial charge in [-0.1, -0.05) is 0 Å². The molecule has 1 aliphatic rings. The van der Waals surface area contributed by atoms with Crippen LogP contribution in [0, 0.1) is 0 Å². The standard InChI is InChI=1S/C12H15F2N7O/c13-12(14)22-11-5-8(19-20-11)17-9-6-16-7-10(18-9)21-3-1-15-2-4-21/h5-7,12,15H,1-4H2,(H2,17,18,19,20). The molecule has 0 bridgehead atoms. The second-order valence-corrected chi connectivity index (χ2v) is 4.62. The summed E-state index contributed by atoms with van der Waals surface area (Å²) in [4.78, 5) is 10.7. The lowest BCUT2D eigenvalue weighted by atomic mass is 10.3. The Kier molecular flexibility index (Phi) is 4.28. The van der Waals surface area contributed by atoms with Gasteiger partial charge in [-0.2, -0.15) is 8.78 Å². The molecule has 0 radical (unpaired) electrons. The maximum atomic E-state index is 12.1. The lowest BCUT2D eigenvalue weighted by Crippen LogP contribution is -2.43. The summed E-state index contributed by atoms with van der Waals surface area (Å²) in [7, 11) is 0. The molecule has 0 aromatic carbocycles. The quantitative estimate of drug-likeness (QED) is 0.757. The Morgan fingerprint density at radius 1 is 1.27 bits per heavy atom. The summed E-state index contributed by atoms with van der Waals surface area (Å²) in [6.45, 7) is 0.595. The van der Waals surface area contributed by atoms with Gasteiger partial charge < -0.3 is 20.3 Å². The zero-order valence-electron chi connectivity index (χ0n) is 11.6. The number of hydrogen-bond donors (Lipinski definition) is 3. The number of anilines is 3. The number of ether oxygens (including phenoxy) is 1. The number of hydrogen-bond acceptors (Lipinski definition) is 7. The van der Waals surface area contributed by atoms with Crippen LogP contribution in [-0.2, 0) is 0 Å². The molecule has 0 amide bonds. The highest BCUT2D eigenvalue weighted by atomic mass is 19.3. The first kappa shape index (κ1) is 14.4. The minimum atomic E-state index is -2.91. The fourth-order valence-electron chi connectivity index (χ4n) is 2.12. The van der Waals surface area contributed by atoms with Crippen molar-refractivity contribution in [2.45, 2.75) is 6.61 Å². The molecule has 0 aliphatic carbocycles. The van der Waals surface area contributed by atoms with Crippen LogP contribution in [0.1, 0.15) is 0 Å². The SMILES string of the molecule is FC(F)Oc1cc(Nc2cncc(N3CCNCC3)n2)[nH]n1. The van der Waals surface area contributed by atoms with Crippen LogP contribution in [0.2, 0.25) is 0 Å². The van der Waals surface area contributed by atoms with E-state index < -0.39 is 6.61 Å². The summed E-state index contributed by atoms with van der Waals surface area (Å²) in [5.41, 5.74) is 0. The molecule has 8 nitrogen and oxygen atoms in total. The molecule has 3 N–H and O–H groups in total. The third-order valence-electron chi connectivity index (χ3n) is 3.09. The van der Waals surface area contributed by atoms with E-state index in [-0.39, 0.29) is 5.88 Å². The first-order chi connectivity index (χ1) is 10.7. The van der Waals surface area contributed by atoms with Crippen LogP contribution in [0.4, 0.5) is 26.2 Å². The van der Waals surface area contributed by atoms with E-state index in [2.05, 4.69) is 40.4 Å². The molecule has 0 atom stereocenters. The highest BCUT2D eigenvalue weighted by Crippen LogP contribution is 2.19. The van der Waals surface area contributed by atoms with Gasteiger partial charge in [0.1, 0.15) is 11.6 Å². The largest absolute Gasteiger partial charge is 0.415 e. The Hall–Kier alpha value is -2.49. The maximum absolute atomic E-state index is 12.1. The van der Waals surface area contributed by atoms with Gasteiger partial charge in [0, 0.05) is 32.2 Å². The summed E-state index contributed by atoms with van der Waals surface area (Å²) < 4.78 is 28.4. The molecular weight excluding hydrogens is 296 g/mol. The summed E-state index contributed by atoms with van der Waals surface area (Å²) in [6.07, 6.45) is 3.23. The highest BCUT2D eigenvalue weighted by molar-refractivity contribution is 5.54. The molecule has 22 heavy (non-hydrogen) atoms. The van der Waals surface area contributed by atoms with Crippen molar-refractivity contribution in [3.63, 3.8) is 0 Å². The van der Waals surface area contributed by atoms with Crippen molar-refractivity contribution < 1.29 is 13.5 Å². The summed E-state index contributed by atoms with van der Waals surface area (Å²) >= 11 is 0. The zero-order chi connectivity index (χ0) is 15.4. The smallest absolute Gasteiger partial charge is 0.388 e. The number of aromatic amines is 1. The van der Waals surface area contributed by atoms with Crippen LogP contribution >= 0.6 is 0 Å². The minimum Gasteiger partial charge on any atom is -0.415 e. The van der Waals surface area contributed by atoms with E-state index in [4.69, 9.17) is 0 Å². The molecule has 2 aromatic rings. The topological polar surface area (TPSA) is 91.0 Å². The number of rotatable bonds is 5. The van der Waals surface area contributed by atoms with Crippen molar-refractivity contribution in [3.05, 3.63) is 18.5 Å². The lowest BCUT2D eigenvalue weighted by molar-refractivity contribution is -0.0528. The fraction of sp³-hybridized carbons (Fsp3) is 0.417. The van der Waals surface area contributed by atoms with Crippen molar-refractivity contribution in [3.8, 4) is 5.88 Å². The highest BCUT2D eigenvalue weighted by Gasteiger charge is 2.13. The fourth-order valence-corrected chi connectivity index (χ4v) is 2.12. The normalized spacial score (nSPS) is 15.1. The van der Waals surface area contributed by atoms with E-state index in [1.54, 1.807) is 12.4 Å². The monoisotopic (exact) mass is 311 g/mol. The second-order valence-electron chi connectivity index (χ2n) is 4.62. The summed E-state index contributed by atoms with van der Waals surface area (Å²) in [5.74, 6) is 1.45. The molecule has 10 heteroatoms. The number of halogens is 2. The van der Waals surface area contributed by atoms with Crippen LogP contribution in [0.25, 0.3) is 0 Å². The second kappa shape index (κ2) is 6.52. The Morgan fingerprint density at radius 2 is 2.09 bits per heavy atom. The van der Waals surface area contributed by atoms with Gasteiger partial charge in [0.05, 0.1) is 12.4 Å². The van der Waals surface area contributed by atoms with Crippen molar-refractivity contribution in [1.29, 1.82) is 0 Å². The van der Waals surface area contributed by atoms with E-state index in [9.17, 15) is 8.78 Å². The van der Waals surface area contributed by atoms with Crippen LogP contribution in [0.15, 0.2) is 18.5 Å². The molecule has 1 fully saturated rings. The number of alkyl halides is 2. The molecule has 0 saturated carbocycles. The van der Waals surface area contributed by atoms with Crippen molar-refractivity contribution in [2.24, 2.45) is 0 Å². The summed E-state index contributed by atoms with van der Waals surface area (Å²) in [6, 6.07) is 1.32. The third kappa shape index (κ3) is 3.58. The van der Waals surface area contributed by atoms with Crippen molar-refractivity contribution >= 4 is 17.5 Å². The van der Waals surface area contributed by atoms with Crippen molar-refractivity contribution in [2.75, 3.05) is 36.4 Å². The van der Waals surface area contributed by atoms with E-state index in [1.165, 1.54) is 6.07 Å². The first-order valence-corrected chi connectivity index (χ1v) is 6.75. The van der Waals surface area contributed by atoms with Gasteiger partial charge in [-0.15, -0.1) is 5.10 Å². The average molecular weight is 311 g/mol. The van der Waals surface area contributed by atoms with Gasteiger partial charge in [-0.3, -0.25) is 10.1 Å². The third-order valence-corrected chi connectivity index (χ3v) is 3.09. The molecule has 3 heterocycles. The van der Waals surface area contributed by atoms with Crippen molar-refractivity contribution in [1.82, 2.24) is 25.5 Å². The Labute approximate surface area is 124 Å². The predicted octanol–water partition coefficient (Wildman–Crippen LogP) is 0.954. The predicted molar refractivity (Wildman–Crippen MR) is 75.6 cm³/mol. The van der Waals surface area contributed by atoms with E-state index in [0.717, 1.165) is 32.0 Å². The number of H-pyrrole nitrogens is 1. The lowest BCUT2D eigenvalue weighted by Gasteiger charge is -2.28. The molecule has 1 aliphatic heterocycles. The average Bonchev–Trinajstić information content (AvgIpc) is 2.94. The Morgan fingerprint density at radius 3 is 2.86 bits per heavy atom. The Bertz CT molecular complexity index is 615. The molecule has 118 valence electrons. The van der Waals surface area contributed by atoms with E-state index >= 15 is 0 Å². The van der Waals surface area contributed by atoms with Crippen LogP contribution < -0.4 is 20.3 Å². The number of nitrogens with one attached hydrogen (secondary N) is 3. The van der Waals surface area contributed by atoms with Crippen LogP contribution in [0.3, 0.4) is 0 Å². The minimum absolute atomic E-state index is 0.191. The first-order valence-electron chi connectivity index (χ1n) is 6.75. The Balaban J connectivity index is 1.68. The number of aromatic nitrogens is 4. The van der Waals surface area contributed by atoms with Gasteiger partial charge in [0.2, 0.25) is 5.88 Å². The molecule has 2 aromatic heterocycles. The van der Waals surface area contributed by atoms with Gasteiger partial charge in [0.25, 0.3) is 0 Å². The van der Waals surface area contributed by atoms with Gasteiger partial charge in [-0.25, -0.2) is 4.98 Å². The molecule has 3 rings (SSSR count). The number of nitrogens with zero attached hydrogens (tertiary/aromatic N) is 4. The zero-order valence-corrected chi connectivity index (χ0v) is 11.6. The van der Waals surface area contributed by atoms with Gasteiger partial charge in [0.15, 0.2) is 5.82 Å². The number of piperazine rings is 1. The van der Waals surface area contributed by atoms with Crippen LogP contribution in [-0.4, -0.2) is 53.0 Å². The van der Waals surface area contributed by atoms with E-state index in [0.29, 0.717) is 11.6 Å². The molecule has 0 unspecified atom stereocenters. The molecule has 1 saturated heterocycles. The van der Waals surface area contributed by atoms with E-state index in [1.807, 2.05) is 0 Å². The molecular formula is C12H15F2N7O. The summed E-state index contributed by atoms with van der Waals surface area (Å²) in [5, 5.41) is 12.3.